The lowest BCUT2D eigenvalue weighted by Crippen LogP contribution is -2.16. The van der Waals surface area contributed by atoms with Gasteiger partial charge >= 0.3 is 5.97 Å². The molecule has 0 amide bonds. The van der Waals surface area contributed by atoms with Crippen molar-refractivity contribution in [3.63, 3.8) is 0 Å². The maximum atomic E-state index is 13.0. The molecular weight excluding hydrogens is 243 g/mol. The first-order valence-corrected chi connectivity index (χ1v) is 5.89. The molecule has 0 spiro atoms. The van der Waals surface area contributed by atoms with Gasteiger partial charge < -0.3 is 4.74 Å². The third-order valence-electron chi connectivity index (χ3n) is 2.23. The molecule has 1 heterocycles. The predicted molar refractivity (Wildman–Crippen MR) is 64.0 cm³/mol. The van der Waals surface area contributed by atoms with Gasteiger partial charge in [-0.05, 0) is 25.1 Å². The van der Waals surface area contributed by atoms with Crippen molar-refractivity contribution in [2.45, 2.75) is 6.92 Å². The Kier molecular flexibility index (Phi) is 3.19. The summed E-state index contributed by atoms with van der Waals surface area (Å²) >= 11 is 1.15. The normalized spacial score (nSPS) is 10.5. The molecule has 0 saturated carbocycles. The molecule has 1 aromatic carbocycles. The summed E-state index contributed by atoms with van der Waals surface area (Å²) in [6, 6.07) is 3.86. The van der Waals surface area contributed by atoms with Crippen LogP contribution >= 0.6 is 11.3 Å². The van der Waals surface area contributed by atoms with Crippen LogP contribution in [-0.4, -0.2) is 12.6 Å². The van der Waals surface area contributed by atoms with Gasteiger partial charge in [-0.15, -0.1) is 11.3 Å². The number of halogens is 1. The minimum absolute atomic E-state index is 0.00374. The number of carbonyl (C=O) groups excluding carboxylic acids is 1. The first-order valence-electron chi connectivity index (χ1n) is 5.01. The van der Waals surface area contributed by atoms with Gasteiger partial charge in [0.1, 0.15) is 11.4 Å². The van der Waals surface area contributed by atoms with E-state index in [1.54, 1.807) is 6.92 Å². The van der Waals surface area contributed by atoms with Crippen LogP contribution < -0.4 is 5.43 Å². The monoisotopic (exact) mass is 252 g/mol. The van der Waals surface area contributed by atoms with Gasteiger partial charge in [-0.1, -0.05) is 0 Å². The van der Waals surface area contributed by atoms with E-state index in [4.69, 9.17) is 4.74 Å². The highest BCUT2D eigenvalue weighted by Crippen LogP contribution is 2.18. The molecular formula is C12H9FO3S. The summed E-state index contributed by atoms with van der Waals surface area (Å²) in [5, 5.41) is 1.74. The van der Waals surface area contributed by atoms with Crippen LogP contribution in [0.3, 0.4) is 0 Å². The van der Waals surface area contributed by atoms with E-state index in [1.807, 2.05) is 0 Å². The molecule has 0 radical (unpaired) electrons. The average molecular weight is 252 g/mol. The average Bonchev–Trinajstić information content (AvgIpc) is 2.29. The Hall–Kier alpha value is -1.75. The van der Waals surface area contributed by atoms with Gasteiger partial charge in [-0.2, -0.15) is 0 Å². The molecule has 88 valence electrons. The van der Waals surface area contributed by atoms with Crippen molar-refractivity contribution in [1.29, 1.82) is 0 Å². The van der Waals surface area contributed by atoms with Crippen molar-refractivity contribution in [1.82, 2.24) is 0 Å². The number of carbonyl (C=O) groups is 1. The van der Waals surface area contributed by atoms with E-state index in [0.717, 1.165) is 11.3 Å². The van der Waals surface area contributed by atoms with Gasteiger partial charge in [0.15, 0.2) is 0 Å². The maximum absolute atomic E-state index is 13.0. The molecule has 2 rings (SSSR count). The van der Waals surface area contributed by atoms with Gasteiger partial charge in [0.05, 0.1) is 6.61 Å². The number of esters is 1. The summed E-state index contributed by atoms with van der Waals surface area (Å²) in [5.41, 5.74) is -0.423. The zero-order valence-electron chi connectivity index (χ0n) is 9.03. The van der Waals surface area contributed by atoms with Crippen LogP contribution in [0, 0.1) is 5.82 Å². The molecule has 0 bridgehead atoms. The molecule has 17 heavy (non-hydrogen) atoms. The molecule has 0 N–H and O–H groups in total. The fraction of sp³-hybridized carbons (Fsp3) is 0.167. The highest BCUT2D eigenvalue weighted by atomic mass is 32.1. The number of hydrogen-bond acceptors (Lipinski definition) is 4. The lowest BCUT2D eigenvalue weighted by atomic mass is 10.2. The summed E-state index contributed by atoms with van der Waals surface area (Å²) in [5.74, 6) is -1.04. The second-order valence-electron chi connectivity index (χ2n) is 3.34. The summed E-state index contributed by atoms with van der Waals surface area (Å²) in [4.78, 5) is 23.4. The highest BCUT2D eigenvalue weighted by molar-refractivity contribution is 7.16. The van der Waals surface area contributed by atoms with E-state index in [9.17, 15) is 14.0 Å². The second-order valence-corrected chi connectivity index (χ2v) is 4.25. The Morgan fingerprint density at radius 2 is 2.24 bits per heavy atom. The number of hydrogen-bond donors (Lipinski definition) is 0. The van der Waals surface area contributed by atoms with Crippen molar-refractivity contribution < 1.29 is 13.9 Å². The molecule has 0 fully saturated rings. The molecule has 0 saturated heterocycles. The van der Waals surface area contributed by atoms with E-state index >= 15 is 0 Å². The van der Waals surface area contributed by atoms with Crippen molar-refractivity contribution in [2.24, 2.45) is 0 Å². The molecule has 0 unspecified atom stereocenters. The van der Waals surface area contributed by atoms with E-state index < -0.39 is 17.2 Å². The predicted octanol–water partition coefficient (Wildman–Crippen LogP) is 2.58. The van der Waals surface area contributed by atoms with Crippen LogP contribution in [0.15, 0.2) is 28.4 Å². The highest BCUT2D eigenvalue weighted by Gasteiger charge is 2.14. The molecule has 0 aliphatic carbocycles. The molecule has 0 aliphatic rings. The standard InChI is InChI=1S/C12H9FO3S/c1-2-16-12(15)9-6-17-10-5-7(13)3-4-8(10)11(9)14/h3-6H,2H2,1H3. The number of rotatable bonds is 2. The largest absolute Gasteiger partial charge is 0.462 e. The molecule has 0 atom stereocenters. The van der Waals surface area contributed by atoms with Crippen molar-refractivity contribution in [2.75, 3.05) is 6.61 Å². The first-order chi connectivity index (χ1) is 8.13. The summed E-state index contributed by atoms with van der Waals surface area (Å²) in [7, 11) is 0. The van der Waals surface area contributed by atoms with Crippen LogP contribution in [-0.2, 0) is 4.74 Å². The SMILES string of the molecule is CCOC(=O)c1csc2cc(F)ccc2c1=O. The fourth-order valence-corrected chi connectivity index (χ4v) is 2.37. The van der Waals surface area contributed by atoms with Crippen LogP contribution in [0.4, 0.5) is 4.39 Å². The first kappa shape index (κ1) is 11.7. The minimum atomic E-state index is -0.639. The van der Waals surface area contributed by atoms with Crippen molar-refractivity contribution >= 4 is 27.4 Å². The zero-order chi connectivity index (χ0) is 12.4. The Morgan fingerprint density at radius 3 is 2.94 bits per heavy atom. The van der Waals surface area contributed by atoms with Gasteiger partial charge in [-0.3, -0.25) is 4.79 Å². The Bertz CT molecular complexity index is 633. The second kappa shape index (κ2) is 4.63. The number of fused-ring (bicyclic) bond motifs is 1. The summed E-state index contributed by atoms with van der Waals surface area (Å²) in [6.45, 7) is 1.88. The van der Waals surface area contributed by atoms with Gasteiger partial charge in [0, 0.05) is 15.5 Å². The molecule has 5 heteroatoms. The van der Waals surface area contributed by atoms with Crippen molar-refractivity contribution in [3.05, 3.63) is 45.2 Å². The van der Waals surface area contributed by atoms with E-state index in [1.165, 1.54) is 23.6 Å². The third kappa shape index (κ3) is 2.19. The van der Waals surface area contributed by atoms with E-state index in [0.29, 0.717) is 10.1 Å². The minimum Gasteiger partial charge on any atom is -0.462 e. The van der Waals surface area contributed by atoms with Crippen LogP contribution in [0.2, 0.25) is 0 Å². The number of ether oxygens (including phenoxy) is 1. The molecule has 0 aliphatic heterocycles. The summed E-state index contributed by atoms with van der Waals surface area (Å²) < 4.78 is 18.3. The third-order valence-corrected chi connectivity index (χ3v) is 3.18. The van der Waals surface area contributed by atoms with Gasteiger partial charge in [-0.25, -0.2) is 9.18 Å². The smallest absolute Gasteiger partial charge is 0.342 e. The maximum Gasteiger partial charge on any atom is 0.342 e. The van der Waals surface area contributed by atoms with E-state index in [2.05, 4.69) is 0 Å². The van der Waals surface area contributed by atoms with E-state index in [-0.39, 0.29) is 12.2 Å². The van der Waals surface area contributed by atoms with Crippen LogP contribution in [0.25, 0.3) is 10.1 Å². The Labute approximate surface area is 100 Å². The van der Waals surface area contributed by atoms with Gasteiger partial charge in [0.25, 0.3) is 0 Å². The molecule has 3 nitrogen and oxygen atoms in total. The summed E-state index contributed by atoms with van der Waals surface area (Å²) in [6.07, 6.45) is 0. The fourth-order valence-electron chi connectivity index (χ4n) is 1.45. The van der Waals surface area contributed by atoms with Crippen molar-refractivity contribution in [3.8, 4) is 0 Å². The van der Waals surface area contributed by atoms with Crippen LogP contribution in [0.1, 0.15) is 17.3 Å². The Morgan fingerprint density at radius 1 is 1.47 bits per heavy atom. The van der Waals surface area contributed by atoms with Crippen LogP contribution in [0.5, 0.6) is 0 Å². The topological polar surface area (TPSA) is 43.4 Å². The lowest BCUT2D eigenvalue weighted by Gasteiger charge is -2.02. The Balaban J connectivity index is 2.62. The molecule has 1 aromatic heterocycles. The lowest BCUT2D eigenvalue weighted by molar-refractivity contribution is 0.0525. The zero-order valence-corrected chi connectivity index (χ0v) is 9.84. The van der Waals surface area contributed by atoms with Gasteiger partial charge in [0.2, 0.25) is 5.43 Å². The number of benzene rings is 1. The quantitative estimate of drug-likeness (QED) is 0.771. The molecule has 2 aromatic rings.